The number of hydrogen-bond acceptors (Lipinski definition) is 4. The molecule has 1 aliphatic heterocycles. The lowest BCUT2D eigenvalue weighted by molar-refractivity contribution is 0.299. The van der Waals surface area contributed by atoms with Crippen LogP contribution in [0.15, 0.2) is 23.4 Å². The van der Waals surface area contributed by atoms with E-state index in [4.69, 9.17) is 0 Å². The van der Waals surface area contributed by atoms with E-state index in [1.807, 2.05) is 6.92 Å². The summed E-state index contributed by atoms with van der Waals surface area (Å²) in [6.07, 6.45) is 3.49. The van der Waals surface area contributed by atoms with E-state index in [9.17, 15) is 8.42 Å². The van der Waals surface area contributed by atoms with Crippen LogP contribution in [-0.2, 0) is 10.0 Å². The summed E-state index contributed by atoms with van der Waals surface area (Å²) in [5, 5.41) is 3.35. The molecule has 5 nitrogen and oxygen atoms in total. The molecule has 18 heavy (non-hydrogen) atoms. The summed E-state index contributed by atoms with van der Waals surface area (Å²) in [5.74, 6) is 0. The maximum Gasteiger partial charge on any atom is 0.260 e. The van der Waals surface area contributed by atoms with E-state index in [2.05, 4.69) is 10.3 Å². The number of aromatic nitrogens is 1. The van der Waals surface area contributed by atoms with Crippen LogP contribution in [0.3, 0.4) is 0 Å². The lowest BCUT2D eigenvalue weighted by atomic mass is 10.1. The number of nitrogens with zero attached hydrogens (tertiary/aromatic N) is 2. The van der Waals surface area contributed by atoms with E-state index in [1.165, 1.54) is 4.31 Å². The smallest absolute Gasteiger partial charge is 0.260 e. The molecule has 1 N–H and O–H groups in total. The molecule has 0 unspecified atom stereocenters. The van der Waals surface area contributed by atoms with E-state index in [0.29, 0.717) is 6.54 Å². The number of likely N-dealkylation sites (N-methyl/N-ethyl adjacent to an activating group) is 1. The van der Waals surface area contributed by atoms with Gasteiger partial charge in [0.15, 0.2) is 5.03 Å². The number of sulfonamides is 1. The van der Waals surface area contributed by atoms with Crippen LogP contribution in [0, 0.1) is 6.92 Å². The molecule has 0 aromatic carbocycles. The van der Waals surface area contributed by atoms with Crippen LogP contribution in [0.5, 0.6) is 0 Å². The predicted octanol–water partition coefficient (Wildman–Crippen LogP) is 0.763. The van der Waals surface area contributed by atoms with Crippen molar-refractivity contribution in [3.8, 4) is 0 Å². The molecule has 1 aromatic heterocycles. The molecule has 1 aliphatic rings. The monoisotopic (exact) mass is 269 g/mol. The summed E-state index contributed by atoms with van der Waals surface area (Å²) in [6, 6.07) is 3.36. The molecule has 0 amide bonds. The fraction of sp³-hybridized carbons (Fsp3) is 0.583. The maximum absolute atomic E-state index is 12.4. The summed E-state index contributed by atoms with van der Waals surface area (Å²) in [6.45, 7) is 3.56. The average Bonchev–Trinajstić information content (AvgIpc) is 2.39. The molecule has 1 fully saturated rings. The van der Waals surface area contributed by atoms with Crippen molar-refractivity contribution < 1.29 is 8.42 Å². The Morgan fingerprint density at radius 2 is 2.22 bits per heavy atom. The zero-order valence-corrected chi connectivity index (χ0v) is 11.6. The highest BCUT2D eigenvalue weighted by molar-refractivity contribution is 7.89. The van der Waals surface area contributed by atoms with Crippen LogP contribution in [0.1, 0.15) is 18.4 Å². The van der Waals surface area contributed by atoms with Crippen molar-refractivity contribution >= 4 is 10.0 Å². The van der Waals surface area contributed by atoms with Gasteiger partial charge in [-0.2, -0.15) is 4.31 Å². The van der Waals surface area contributed by atoms with Crippen molar-refractivity contribution in [3.05, 3.63) is 23.9 Å². The van der Waals surface area contributed by atoms with Crippen molar-refractivity contribution in [2.45, 2.75) is 30.8 Å². The normalized spacial score (nSPS) is 21.2. The molecule has 1 aromatic rings. The Kier molecular flexibility index (Phi) is 3.99. The largest absolute Gasteiger partial charge is 0.315 e. The first-order valence-corrected chi connectivity index (χ1v) is 7.57. The second-order valence-corrected chi connectivity index (χ2v) is 6.64. The number of aryl methyl sites for hydroxylation is 1. The van der Waals surface area contributed by atoms with Crippen LogP contribution in [0.25, 0.3) is 0 Å². The highest BCUT2D eigenvalue weighted by atomic mass is 32.2. The third-order valence-corrected chi connectivity index (χ3v) is 5.14. The van der Waals surface area contributed by atoms with Crippen LogP contribution < -0.4 is 5.32 Å². The zero-order valence-electron chi connectivity index (χ0n) is 10.8. The quantitative estimate of drug-likeness (QED) is 0.880. The minimum Gasteiger partial charge on any atom is -0.315 e. The minimum absolute atomic E-state index is 0.0202. The first-order chi connectivity index (χ1) is 8.51. The second-order valence-electron chi connectivity index (χ2n) is 4.70. The van der Waals surface area contributed by atoms with Crippen molar-refractivity contribution in [3.63, 3.8) is 0 Å². The van der Waals surface area contributed by atoms with E-state index in [-0.39, 0.29) is 11.1 Å². The molecule has 100 valence electrons. The second kappa shape index (κ2) is 5.34. The molecule has 0 radical (unpaired) electrons. The molecule has 1 atom stereocenters. The molecular formula is C12H19N3O2S. The van der Waals surface area contributed by atoms with Gasteiger partial charge in [0.2, 0.25) is 0 Å². The average molecular weight is 269 g/mol. The number of pyridine rings is 1. The summed E-state index contributed by atoms with van der Waals surface area (Å²) in [7, 11) is -1.84. The van der Waals surface area contributed by atoms with E-state index in [0.717, 1.165) is 24.9 Å². The number of nitrogens with one attached hydrogen (secondary N) is 1. The Hall–Kier alpha value is -0.980. The molecular weight excluding hydrogens is 250 g/mol. The van der Waals surface area contributed by atoms with Gasteiger partial charge in [-0.25, -0.2) is 13.4 Å². The Morgan fingerprint density at radius 1 is 1.44 bits per heavy atom. The molecule has 1 saturated heterocycles. The van der Waals surface area contributed by atoms with E-state index < -0.39 is 10.0 Å². The van der Waals surface area contributed by atoms with Gasteiger partial charge < -0.3 is 5.32 Å². The van der Waals surface area contributed by atoms with Gasteiger partial charge in [0.05, 0.1) is 0 Å². The molecule has 0 aliphatic carbocycles. The SMILES string of the molecule is Cc1ccc(S(=O)(=O)N(C)[C@H]2CCCNC2)nc1. The van der Waals surface area contributed by atoms with Crippen molar-refractivity contribution in [1.29, 1.82) is 0 Å². The summed E-state index contributed by atoms with van der Waals surface area (Å²) in [5.41, 5.74) is 0.955. The number of hydrogen-bond donors (Lipinski definition) is 1. The van der Waals surface area contributed by atoms with Crippen molar-refractivity contribution in [2.75, 3.05) is 20.1 Å². The van der Waals surface area contributed by atoms with Gasteiger partial charge in [-0.05, 0) is 37.9 Å². The Morgan fingerprint density at radius 3 is 2.78 bits per heavy atom. The Balaban J connectivity index is 2.21. The standard InChI is InChI=1S/C12H19N3O2S/c1-10-5-6-12(14-8-10)18(16,17)15(2)11-4-3-7-13-9-11/h5-6,8,11,13H,3-4,7,9H2,1-2H3/t11-/m0/s1. The first-order valence-electron chi connectivity index (χ1n) is 6.13. The van der Waals surface area contributed by atoms with Crippen LogP contribution in [0.2, 0.25) is 0 Å². The summed E-state index contributed by atoms with van der Waals surface area (Å²) in [4.78, 5) is 4.02. The number of piperidine rings is 1. The molecule has 0 saturated carbocycles. The van der Waals surface area contributed by atoms with Crippen LogP contribution in [-0.4, -0.2) is 43.9 Å². The molecule has 0 spiro atoms. The Bertz CT molecular complexity index is 493. The van der Waals surface area contributed by atoms with E-state index >= 15 is 0 Å². The predicted molar refractivity (Wildman–Crippen MR) is 69.8 cm³/mol. The lowest BCUT2D eigenvalue weighted by Gasteiger charge is -2.30. The molecule has 2 heterocycles. The highest BCUT2D eigenvalue weighted by Gasteiger charge is 2.29. The van der Waals surface area contributed by atoms with Gasteiger partial charge in [-0.3, -0.25) is 0 Å². The molecule has 2 rings (SSSR count). The first kappa shape index (κ1) is 13.5. The minimum atomic E-state index is -3.47. The van der Waals surface area contributed by atoms with Crippen molar-refractivity contribution in [2.24, 2.45) is 0 Å². The summed E-state index contributed by atoms with van der Waals surface area (Å²) < 4.78 is 26.2. The van der Waals surface area contributed by atoms with Gasteiger partial charge in [0, 0.05) is 25.8 Å². The maximum atomic E-state index is 12.4. The number of rotatable bonds is 3. The van der Waals surface area contributed by atoms with Gasteiger partial charge in [-0.15, -0.1) is 0 Å². The van der Waals surface area contributed by atoms with E-state index in [1.54, 1.807) is 25.4 Å². The fourth-order valence-electron chi connectivity index (χ4n) is 2.09. The van der Waals surface area contributed by atoms with Gasteiger partial charge in [0.25, 0.3) is 10.0 Å². The zero-order chi connectivity index (χ0) is 13.2. The third-order valence-electron chi connectivity index (χ3n) is 3.31. The fourth-order valence-corrected chi connectivity index (χ4v) is 3.39. The molecule has 6 heteroatoms. The summed E-state index contributed by atoms with van der Waals surface area (Å²) >= 11 is 0. The van der Waals surface area contributed by atoms with Crippen LogP contribution >= 0.6 is 0 Å². The van der Waals surface area contributed by atoms with Gasteiger partial charge in [0.1, 0.15) is 0 Å². The molecule has 0 bridgehead atoms. The highest BCUT2D eigenvalue weighted by Crippen LogP contribution is 2.18. The topological polar surface area (TPSA) is 62.3 Å². The van der Waals surface area contributed by atoms with Crippen molar-refractivity contribution in [1.82, 2.24) is 14.6 Å². The van der Waals surface area contributed by atoms with Gasteiger partial charge >= 0.3 is 0 Å². The van der Waals surface area contributed by atoms with Gasteiger partial charge in [-0.1, -0.05) is 6.07 Å². The lowest BCUT2D eigenvalue weighted by Crippen LogP contribution is -2.46. The van der Waals surface area contributed by atoms with Crippen LogP contribution in [0.4, 0.5) is 0 Å². The Labute approximate surface area is 108 Å². The third kappa shape index (κ3) is 2.71.